The number of benzene rings is 1. The highest BCUT2D eigenvalue weighted by Crippen LogP contribution is 2.23. The zero-order valence-electron chi connectivity index (χ0n) is 12.1. The summed E-state index contributed by atoms with van der Waals surface area (Å²) in [6, 6.07) is 8.30. The average molecular weight is 270 g/mol. The molecule has 1 N–H and O–H groups in total. The van der Waals surface area contributed by atoms with Crippen LogP contribution in [0.15, 0.2) is 42.1 Å². The van der Waals surface area contributed by atoms with Gasteiger partial charge in [0.15, 0.2) is 0 Å². The summed E-state index contributed by atoms with van der Waals surface area (Å²) in [5, 5.41) is 14.1. The van der Waals surface area contributed by atoms with Crippen LogP contribution in [-0.2, 0) is 6.42 Å². The number of hydroxylamine groups is 3. The van der Waals surface area contributed by atoms with Gasteiger partial charge >= 0.3 is 0 Å². The summed E-state index contributed by atoms with van der Waals surface area (Å²) in [6.45, 7) is 4.23. The number of nitrogens with zero attached hydrogens (tertiary/aromatic N) is 1. The first-order valence-electron chi connectivity index (χ1n) is 7.50. The molecule has 0 spiro atoms. The quantitative estimate of drug-likeness (QED) is 0.513. The molecule has 0 fully saturated rings. The normalized spacial score (nSPS) is 23.0. The fourth-order valence-corrected chi connectivity index (χ4v) is 3.13. The second kappa shape index (κ2) is 5.43. The molecule has 0 radical (unpaired) electrons. The largest absolute Gasteiger partial charge is 0.633 e. The molecule has 1 aromatic heterocycles. The lowest BCUT2D eigenvalue weighted by Gasteiger charge is -2.45. The van der Waals surface area contributed by atoms with E-state index in [-0.39, 0.29) is 4.65 Å². The summed E-state index contributed by atoms with van der Waals surface area (Å²) in [4.78, 5) is 3.29. The van der Waals surface area contributed by atoms with Crippen molar-refractivity contribution in [2.24, 2.45) is 0 Å². The van der Waals surface area contributed by atoms with Crippen molar-refractivity contribution in [1.29, 1.82) is 0 Å². The van der Waals surface area contributed by atoms with Crippen molar-refractivity contribution < 1.29 is 4.65 Å². The molecule has 0 amide bonds. The van der Waals surface area contributed by atoms with Crippen molar-refractivity contribution in [2.45, 2.75) is 26.2 Å². The third-order valence-electron chi connectivity index (χ3n) is 4.38. The minimum atomic E-state index is -0.0564. The number of para-hydroxylation sites is 1. The van der Waals surface area contributed by atoms with E-state index >= 15 is 0 Å². The molecular formula is C17H22N2O. The Bertz CT molecular complexity index is 629. The van der Waals surface area contributed by atoms with Crippen molar-refractivity contribution in [2.75, 3.05) is 19.6 Å². The Labute approximate surface area is 120 Å². The Hall–Kier alpha value is -1.58. The standard InChI is InChI=1S/C17H22N2O/c1-2-14-6-5-10-19(20,13-14)11-9-15-12-18-17-8-4-3-7-16(15)17/h3-4,6-8,12,18H,2,5,9-11,13H2,1H3. The highest BCUT2D eigenvalue weighted by molar-refractivity contribution is 5.82. The van der Waals surface area contributed by atoms with Gasteiger partial charge in [0.05, 0.1) is 13.1 Å². The molecule has 3 nitrogen and oxygen atoms in total. The molecule has 0 saturated heterocycles. The van der Waals surface area contributed by atoms with Crippen molar-refractivity contribution in [3.8, 4) is 0 Å². The van der Waals surface area contributed by atoms with Gasteiger partial charge in [0, 0.05) is 29.9 Å². The SMILES string of the molecule is CCC1=CCC[N+]([O-])(CCc2c[nH]c3ccccc23)C1. The van der Waals surface area contributed by atoms with Gasteiger partial charge in [-0.25, -0.2) is 0 Å². The lowest BCUT2D eigenvalue weighted by Crippen LogP contribution is -2.47. The predicted molar refractivity (Wildman–Crippen MR) is 83.2 cm³/mol. The third kappa shape index (κ3) is 2.65. The minimum absolute atomic E-state index is 0.0564. The number of nitrogens with one attached hydrogen (secondary N) is 1. The molecule has 0 saturated carbocycles. The highest BCUT2D eigenvalue weighted by Gasteiger charge is 2.22. The molecule has 2 heterocycles. The molecule has 0 aliphatic carbocycles. The Morgan fingerprint density at radius 2 is 2.15 bits per heavy atom. The molecule has 1 aromatic carbocycles. The van der Waals surface area contributed by atoms with Crippen LogP contribution in [0.5, 0.6) is 0 Å². The Morgan fingerprint density at radius 1 is 1.30 bits per heavy atom. The summed E-state index contributed by atoms with van der Waals surface area (Å²) in [7, 11) is 0. The maximum absolute atomic E-state index is 12.8. The molecule has 106 valence electrons. The first kappa shape index (κ1) is 13.4. The van der Waals surface area contributed by atoms with Crippen LogP contribution < -0.4 is 0 Å². The number of fused-ring (bicyclic) bond motifs is 1. The fourth-order valence-electron chi connectivity index (χ4n) is 3.13. The number of H-pyrrole nitrogens is 1. The second-order valence-electron chi connectivity index (χ2n) is 5.78. The van der Waals surface area contributed by atoms with Gasteiger partial charge in [-0.05, 0) is 23.6 Å². The molecule has 1 aliphatic rings. The van der Waals surface area contributed by atoms with E-state index in [1.54, 1.807) is 0 Å². The zero-order chi connectivity index (χ0) is 14.0. The minimum Gasteiger partial charge on any atom is -0.633 e. The second-order valence-corrected chi connectivity index (χ2v) is 5.78. The molecule has 2 aromatic rings. The third-order valence-corrected chi connectivity index (χ3v) is 4.38. The number of rotatable bonds is 4. The predicted octanol–water partition coefficient (Wildman–Crippen LogP) is 3.77. The van der Waals surface area contributed by atoms with Crippen LogP contribution in [0.25, 0.3) is 10.9 Å². The number of quaternary nitrogens is 1. The lowest BCUT2D eigenvalue weighted by molar-refractivity contribution is -0.877. The van der Waals surface area contributed by atoms with Crippen molar-refractivity contribution >= 4 is 10.9 Å². The van der Waals surface area contributed by atoms with Gasteiger partial charge in [0.1, 0.15) is 6.54 Å². The molecule has 3 heteroatoms. The van der Waals surface area contributed by atoms with E-state index < -0.39 is 0 Å². The van der Waals surface area contributed by atoms with E-state index in [2.05, 4.69) is 42.4 Å². The Kier molecular flexibility index (Phi) is 3.64. The topological polar surface area (TPSA) is 38.8 Å². The van der Waals surface area contributed by atoms with Crippen molar-refractivity contribution in [3.63, 3.8) is 0 Å². The molecule has 1 atom stereocenters. The van der Waals surface area contributed by atoms with E-state index in [1.807, 2.05) is 6.07 Å². The van der Waals surface area contributed by atoms with Gasteiger partial charge in [-0.15, -0.1) is 0 Å². The summed E-state index contributed by atoms with van der Waals surface area (Å²) >= 11 is 0. The van der Waals surface area contributed by atoms with Gasteiger partial charge in [-0.2, -0.15) is 0 Å². The Morgan fingerprint density at radius 3 is 3.00 bits per heavy atom. The van der Waals surface area contributed by atoms with E-state index in [9.17, 15) is 5.21 Å². The van der Waals surface area contributed by atoms with Gasteiger partial charge < -0.3 is 14.8 Å². The summed E-state index contributed by atoms with van der Waals surface area (Å²) < 4.78 is -0.0564. The molecule has 1 aliphatic heterocycles. The van der Waals surface area contributed by atoms with Gasteiger partial charge in [-0.3, -0.25) is 0 Å². The first-order valence-corrected chi connectivity index (χ1v) is 7.50. The van der Waals surface area contributed by atoms with Gasteiger partial charge in [0.25, 0.3) is 0 Å². The lowest BCUT2D eigenvalue weighted by atomic mass is 10.1. The number of hydrogen-bond acceptors (Lipinski definition) is 1. The van der Waals surface area contributed by atoms with Crippen LogP contribution in [0.2, 0.25) is 0 Å². The molecular weight excluding hydrogens is 248 g/mol. The highest BCUT2D eigenvalue weighted by atomic mass is 16.5. The average Bonchev–Trinajstić information content (AvgIpc) is 2.88. The molecule has 0 bridgehead atoms. The maximum Gasteiger partial charge on any atom is 0.100 e. The number of hydrogen-bond donors (Lipinski definition) is 1. The maximum atomic E-state index is 12.8. The Balaban J connectivity index is 1.72. The number of aromatic amines is 1. The molecule has 1 unspecified atom stereocenters. The van der Waals surface area contributed by atoms with Crippen LogP contribution in [0, 0.1) is 5.21 Å². The van der Waals surface area contributed by atoms with Crippen molar-refractivity contribution in [1.82, 2.24) is 4.98 Å². The van der Waals surface area contributed by atoms with Crippen LogP contribution in [-0.4, -0.2) is 29.3 Å². The van der Waals surface area contributed by atoms with Crippen LogP contribution in [0.1, 0.15) is 25.3 Å². The van der Waals surface area contributed by atoms with Crippen LogP contribution >= 0.6 is 0 Å². The van der Waals surface area contributed by atoms with Crippen LogP contribution in [0.4, 0.5) is 0 Å². The summed E-state index contributed by atoms with van der Waals surface area (Å²) in [5.74, 6) is 0. The first-order chi connectivity index (χ1) is 9.70. The monoisotopic (exact) mass is 270 g/mol. The summed E-state index contributed by atoms with van der Waals surface area (Å²) in [5.41, 5.74) is 3.75. The van der Waals surface area contributed by atoms with Crippen LogP contribution in [0.3, 0.4) is 0 Å². The zero-order valence-corrected chi connectivity index (χ0v) is 12.1. The van der Waals surface area contributed by atoms with E-state index in [4.69, 9.17) is 0 Å². The van der Waals surface area contributed by atoms with E-state index in [0.717, 1.165) is 31.3 Å². The number of aromatic nitrogens is 1. The van der Waals surface area contributed by atoms with Gasteiger partial charge in [0.2, 0.25) is 0 Å². The van der Waals surface area contributed by atoms with Crippen molar-refractivity contribution in [3.05, 3.63) is 52.9 Å². The van der Waals surface area contributed by atoms with E-state index in [1.165, 1.54) is 16.5 Å². The molecule has 20 heavy (non-hydrogen) atoms. The fraction of sp³-hybridized carbons (Fsp3) is 0.412. The molecule has 3 rings (SSSR count). The van der Waals surface area contributed by atoms with E-state index in [0.29, 0.717) is 13.1 Å². The van der Waals surface area contributed by atoms with Gasteiger partial charge in [-0.1, -0.05) is 31.2 Å². The smallest absolute Gasteiger partial charge is 0.100 e. The summed E-state index contributed by atoms with van der Waals surface area (Å²) in [6.07, 6.45) is 7.10.